The largest absolute Gasteiger partial charge is 0.357 e. The number of halogens is 3. The van der Waals surface area contributed by atoms with Crippen molar-refractivity contribution < 1.29 is 8.42 Å². The molecule has 160 valence electrons. The Kier molecular flexibility index (Phi) is 10.7. The molecule has 0 spiro atoms. The van der Waals surface area contributed by atoms with Crippen molar-refractivity contribution in [2.75, 3.05) is 20.6 Å². The third-order valence-electron chi connectivity index (χ3n) is 3.94. The highest BCUT2D eigenvalue weighted by molar-refractivity contribution is 14.0. The zero-order valence-corrected chi connectivity index (χ0v) is 21.1. The fraction of sp³-hybridized carbons (Fsp3) is 0.316. The molecule has 2 aromatic carbocycles. The van der Waals surface area contributed by atoms with Crippen LogP contribution in [0.25, 0.3) is 0 Å². The molecule has 2 aromatic rings. The molecule has 10 heteroatoms. The van der Waals surface area contributed by atoms with E-state index in [1.807, 2.05) is 13.0 Å². The van der Waals surface area contributed by atoms with E-state index in [9.17, 15) is 8.42 Å². The maximum Gasteiger partial charge on any atom is 0.242 e. The van der Waals surface area contributed by atoms with Gasteiger partial charge in [-0.05, 0) is 36.2 Å². The minimum Gasteiger partial charge on any atom is -0.357 e. The summed E-state index contributed by atoms with van der Waals surface area (Å²) < 4.78 is 26.2. The number of nitrogens with one attached hydrogen (secondary N) is 2. The summed E-state index contributed by atoms with van der Waals surface area (Å²) in [7, 11) is -0.518. The van der Waals surface area contributed by atoms with Crippen LogP contribution >= 0.6 is 47.2 Å². The SMILES string of the molecule is CCNC(=NCc1ccccc1S(=O)(=O)N(C)C)NCc1ccc(Cl)cc1Cl.I. The Morgan fingerprint density at radius 1 is 1.07 bits per heavy atom. The normalized spacial score (nSPS) is 11.9. The van der Waals surface area contributed by atoms with Crippen LogP contribution in [0.2, 0.25) is 10.0 Å². The van der Waals surface area contributed by atoms with Gasteiger partial charge in [0, 0.05) is 37.2 Å². The van der Waals surface area contributed by atoms with Gasteiger partial charge < -0.3 is 10.6 Å². The summed E-state index contributed by atoms with van der Waals surface area (Å²) in [6.45, 7) is 3.29. The smallest absolute Gasteiger partial charge is 0.242 e. The molecule has 0 atom stereocenters. The first-order valence-corrected chi connectivity index (χ1v) is 10.9. The molecule has 0 aromatic heterocycles. The van der Waals surface area contributed by atoms with E-state index in [0.29, 0.717) is 34.7 Å². The zero-order valence-electron chi connectivity index (χ0n) is 16.4. The molecule has 0 aliphatic rings. The van der Waals surface area contributed by atoms with E-state index in [-0.39, 0.29) is 35.4 Å². The Bertz CT molecular complexity index is 953. The van der Waals surface area contributed by atoms with Crippen molar-refractivity contribution in [2.24, 2.45) is 4.99 Å². The van der Waals surface area contributed by atoms with Crippen molar-refractivity contribution in [3.63, 3.8) is 0 Å². The lowest BCUT2D eigenvalue weighted by Gasteiger charge is -2.15. The summed E-state index contributed by atoms with van der Waals surface area (Å²) in [6, 6.07) is 12.2. The Hall–Kier alpha value is -1.07. The highest BCUT2D eigenvalue weighted by atomic mass is 127. The van der Waals surface area contributed by atoms with Crippen molar-refractivity contribution in [1.29, 1.82) is 0 Å². The Morgan fingerprint density at radius 3 is 2.38 bits per heavy atom. The molecule has 6 nitrogen and oxygen atoms in total. The number of sulfonamides is 1. The average molecular weight is 571 g/mol. The first-order valence-electron chi connectivity index (χ1n) is 8.72. The second-order valence-electron chi connectivity index (χ2n) is 6.18. The Morgan fingerprint density at radius 2 is 1.76 bits per heavy atom. The van der Waals surface area contributed by atoms with Crippen molar-refractivity contribution in [2.45, 2.75) is 24.9 Å². The van der Waals surface area contributed by atoms with Crippen LogP contribution in [-0.2, 0) is 23.1 Å². The molecule has 0 aliphatic heterocycles. The lowest BCUT2D eigenvalue weighted by molar-refractivity contribution is 0.519. The summed E-state index contributed by atoms with van der Waals surface area (Å²) in [4.78, 5) is 4.77. The second kappa shape index (κ2) is 11.9. The van der Waals surface area contributed by atoms with Gasteiger partial charge in [-0.15, -0.1) is 24.0 Å². The van der Waals surface area contributed by atoms with E-state index in [0.717, 1.165) is 5.56 Å². The standard InChI is InChI=1S/C19H24Cl2N4O2S.HI/c1-4-22-19(23-12-14-9-10-16(20)11-17(14)21)24-13-15-7-5-6-8-18(15)28(26,27)25(2)3;/h5-11H,4,12-13H2,1-3H3,(H2,22,23,24);1H. The molecule has 0 amide bonds. The van der Waals surface area contributed by atoms with Gasteiger partial charge in [0.15, 0.2) is 5.96 Å². The molecule has 0 saturated heterocycles. The van der Waals surface area contributed by atoms with Crippen LogP contribution in [0.4, 0.5) is 0 Å². The third-order valence-corrected chi connectivity index (χ3v) is 6.45. The van der Waals surface area contributed by atoms with E-state index in [2.05, 4.69) is 15.6 Å². The fourth-order valence-corrected chi connectivity index (χ4v) is 4.02. The van der Waals surface area contributed by atoms with E-state index < -0.39 is 10.0 Å². The number of nitrogens with zero attached hydrogens (tertiary/aromatic N) is 2. The van der Waals surface area contributed by atoms with E-state index in [4.69, 9.17) is 23.2 Å². The van der Waals surface area contributed by atoms with Gasteiger partial charge in [0.2, 0.25) is 10.0 Å². The van der Waals surface area contributed by atoms with E-state index in [1.54, 1.807) is 36.4 Å². The first-order chi connectivity index (χ1) is 13.3. The van der Waals surface area contributed by atoms with E-state index in [1.165, 1.54) is 18.4 Å². The van der Waals surface area contributed by atoms with Gasteiger partial charge in [0.25, 0.3) is 0 Å². The molecule has 0 fully saturated rings. The van der Waals surface area contributed by atoms with Gasteiger partial charge in [0.1, 0.15) is 0 Å². The second-order valence-corrected chi connectivity index (χ2v) is 9.14. The minimum absolute atomic E-state index is 0. The predicted octanol–water partition coefficient (Wildman–Crippen LogP) is 4.12. The predicted molar refractivity (Wildman–Crippen MR) is 131 cm³/mol. The lowest BCUT2D eigenvalue weighted by atomic mass is 10.2. The molecule has 2 rings (SSSR count). The number of aliphatic imine (C=N–C) groups is 1. The molecule has 2 N–H and O–H groups in total. The molecule has 0 aliphatic carbocycles. The minimum atomic E-state index is -3.54. The number of hydrogen-bond donors (Lipinski definition) is 2. The molecular formula is C19H25Cl2IN4O2S. The number of benzene rings is 2. The van der Waals surface area contributed by atoms with Gasteiger partial charge in [-0.25, -0.2) is 17.7 Å². The van der Waals surface area contributed by atoms with Crippen LogP contribution in [0.3, 0.4) is 0 Å². The molecule has 0 saturated carbocycles. The van der Waals surface area contributed by atoms with Crippen LogP contribution in [-0.4, -0.2) is 39.3 Å². The highest BCUT2D eigenvalue weighted by Gasteiger charge is 2.20. The lowest BCUT2D eigenvalue weighted by Crippen LogP contribution is -2.36. The fourth-order valence-electron chi connectivity index (χ4n) is 2.43. The highest BCUT2D eigenvalue weighted by Crippen LogP contribution is 2.21. The molecular weight excluding hydrogens is 546 g/mol. The number of hydrogen-bond acceptors (Lipinski definition) is 3. The topological polar surface area (TPSA) is 73.8 Å². The van der Waals surface area contributed by atoms with Gasteiger partial charge in [-0.1, -0.05) is 47.5 Å². The van der Waals surface area contributed by atoms with Crippen LogP contribution < -0.4 is 10.6 Å². The van der Waals surface area contributed by atoms with Gasteiger partial charge in [0.05, 0.1) is 11.4 Å². The average Bonchev–Trinajstić information content (AvgIpc) is 2.65. The van der Waals surface area contributed by atoms with E-state index >= 15 is 0 Å². The Balaban J connectivity index is 0.00000420. The summed E-state index contributed by atoms with van der Waals surface area (Å²) in [5.74, 6) is 0.561. The molecule has 0 bridgehead atoms. The molecule has 0 unspecified atom stereocenters. The number of rotatable bonds is 7. The van der Waals surface area contributed by atoms with Crippen molar-refractivity contribution in [3.8, 4) is 0 Å². The van der Waals surface area contributed by atoms with Crippen molar-refractivity contribution in [1.82, 2.24) is 14.9 Å². The maximum atomic E-state index is 12.5. The van der Waals surface area contributed by atoms with Gasteiger partial charge in [-0.3, -0.25) is 0 Å². The quantitative estimate of drug-likeness (QED) is 0.298. The summed E-state index contributed by atoms with van der Waals surface area (Å²) in [5, 5.41) is 7.49. The number of guanidine groups is 1. The van der Waals surface area contributed by atoms with Crippen LogP contribution in [0.5, 0.6) is 0 Å². The maximum absolute atomic E-state index is 12.5. The van der Waals surface area contributed by atoms with Crippen LogP contribution in [0.15, 0.2) is 52.4 Å². The van der Waals surface area contributed by atoms with Crippen molar-refractivity contribution >= 4 is 63.2 Å². The Labute approximate surface area is 199 Å². The van der Waals surface area contributed by atoms with Crippen LogP contribution in [0.1, 0.15) is 18.1 Å². The monoisotopic (exact) mass is 570 g/mol. The zero-order chi connectivity index (χ0) is 20.7. The molecule has 0 heterocycles. The van der Waals surface area contributed by atoms with Crippen LogP contribution in [0, 0.1) is 0 Å². The van der Waals surface area contributed by atoms with Crippen molar-refractivity contribution in [3.05, 3.63) is 63.6 Å². The van der Waals surface area contributed by atoms with Gasteiger partial charge >= 0.3 is 0 Å². The third kappa shape index (κ3) is 7.29. The first kappa shape index (κ1) is 26.0. The summed E-state index contributed by atoms with van der Waals surface area (Å²) in [6.07, 6.45) is 0. The molecule has 29 heavy (non-hydrogen) atoms. The summed E-state index contributed by atoms with van der Waals surface area (Å²) in [5.41, 5.74) is 1.50. The molecule has 0 radical (unpaired) electrons. The summed E-state index contributed by atoms with van der Waals surface area (Å²) >= 11 is 12.1. The van der Waals surface area contributed by atoms with Gasteiger partial charge in [-0.2, -0.15) is 0 Å².